The predicted octanol–water partition coefficient (Wildman–Crippen LogP) is 2.75. The first kappa shape index (κ1) is 18.7. The lowest BCUT2D eigenvalue weighted by Gasteiger charge is -2.32. The van der Waals surface area contributed by atoms with E-state index in [-0.39, 0.29) is 6.01 Å². The quantitative estimate of drug-likeness (QED) is 0.742. The number of aromatic nitrogens is 2. The second-order valence-electron chi connectivity index (χ2n) is 7.21. The smallest absolute Gasteiger partial charge is 0.478 e. The normalized spacial score (nSPS) is 18.0. The Labute approximate surface area is 155 Å². The van der Waals surface area contributed by atoms with E-state index in [0.29, 0.717) is 24.6 Å². The summed E-state index contributed by atoms with van der Waals surface area (Å²) in [7, 11) is -0.579. The van der Waals surface area contributed by atoms with Gasteiger partial charge in [-0.1, -0.05) is 30.3 Å². The third kappa shape index (κ3) is 3.84. The molecule has 0 amide bonds. The molecule has 2 aromatic rings. The van der Waals surface area contributed by atoms with Crippen LogP contribution in [0.25, 0.3) is 0 Å². The molecule has 3 rings (SSSR count). The second kappa shape index (κ2) is 7.25. The molecule has 1 saturated heterocycles. The molecule has 0 radical (unpaired) electrons. The highest BCUT2D eigenvalue weighted by Crippen LogP contribution is 2.37. The van der Waals surface area contributed by atoms with E-state index in [9.17, 15) is 0 Å². The van der Waals surface area contributed by atoms with Gasteiger partial charge in [0.1, 0.15) is 6.61 Å². The molecule has 1 aromatic carbocycles. The zero-order valence-electron chi connectivity index (χ0n) is 16.0. The van der Waals surface area contributed by atoms with Crippen LogP contribution in [0.5, 0.6) is 11.9 Å². The van der Waals surface area contributed by atoms with Gasteiger partial charge in [-0.25, -0.2) is 4.98 Å². The topological polar surface area (TPSA) is 62.7 Å². The maximum absolute atomic E-state index is 6.08. The zero-order valence-corrected chi connectivity index (χ0v) is 16.0. The largest absolute Gasteiger partial charge is 0.502 e. The first-order valence-electron chi connectivity index (χ1n) is 8.84. The molecule has 0 unspecified atom stereocenters. The lowest BCUT2D eigenvalue weighted by atomic mass is 9.81. The van der Waals surface area contributed by atoms with E-state index in [1.54, 1.807) is 6.20 Å². The average Bonchev–Trinajstić information content (AvgIpc) is 2.82. The van der Waals surface area contributed by atoms with Gasteiger partial charge in [0.05, 0.1) is 23.3 Å². The zero-order chi connectivity index (χ0) is 18.8. The molecule has 1 fully saturated rings. The number of rotatable bonds is 6. The molecule has 0 N–H and O–H groups in total. The van der Waals surface area contributed by atoms with E-state index in [0.717, 1.165) is 5.56 Å². The molecule has 2 heterocycles. The minimum atomic E-state index is -0.579. The fourth-order valence-electron chi connectivity index (χ4n) is 2.54. The van der Waals surface area contributed by atoms with Gasteiger partial charge in [0, 0.05) is 6.20 Å². The maximum Gasteiger partial charge on any atom is 0.502 e. The van der Waals surface area contributed by atoms with Crippen molar-refractivity contribution in [2.75, 3.05) is 6.61 Å². The van der Waals surface area contributed by atoms with Crippen molar-refractivity contribution >= 4 is 12.6 Å². The highest BCUT2D eigenvalue weighted by atomic mass is 16.7. The average molecular weight is 356 g/mol. The number of hydrogen-bond donors (Lipinski definition) is 0. The third-order valence-electron chi connectivity index (χ3n) is 4.76. The van der Waals surface area contributed by atoms with Crippen molar-refractivity contribution in [1.29, 1.82) is 0 Å². The monoisotopic (exact) mass is 356 g/mol. The summed E-state index contributed by atoms with van der Waals surface area (Å²) in [6.07, 6.45) is 1.65. The van der Waals surface area contributed by atoms with Crippen molar-refractivity contribution < 1.29 is 18.8 Å². The van der Waals surface area contributed by atoms with Gasteiger partial charge in [-0.05, 0) is 40.2 Å². The van der Waals surface area contributed by atoms with Gasteiger partial charge >= 0.3 is 13.1 Å². The van der Waals surface area contributed by atoms with Crippen molar-refractivity contribution in [1.82, 2.24) is 9.97 Å². The molecule has 1 aromatic heterocycles. The van der Waals surface area contributed by atoms with Crippen LogP contribution < -0.4 is 14.9 Å². The van der Waals surface area contributed by atoms with E-state index >= 15 is 0 Å². The third-order valence-corrected chi connectivity index (χ3v) is 4.76. The van der Waals surface area contributed by atoms with Crippen LogP contribution in [0.3, 0.4) is 0 Å². The molecule has 0 atom stereocenters. The summed E-state index contributed by atoms with van der Waals surface area (Å²) < 4.78 is 23.5. The standard InChI is InChI=1S/C19H25BN2O4/c1-6-23-16-15(20-25-18(2,3)19(4,5)26-20)12-21-17(22-16)24-13-14-10-8-7-9-11-14/h7-12H,6,13H2,1-5H3. The van der Waals surface area contributed by atoms with E-state index in [4.69, 9.17) is 18.8 Å². The minimum Gasteiger partial charge on any atom is -0.478 e. The summed E-state index contributed by atoms with van der Waals surface area (Å²) >= 11 is 0. The van der Waals surface area contributed by atoms with Crippen LogP contribution in [0, 0.1) is 0 Å². The molecule has 0 bridgehead atoms. The van der Waals surface area contributed by atoms with Gasteiger partial charge in [0.25, 0.3) is 0 Å². The molecule has 0 spiro atoms. The Bertz CT molecular complexity index is 736. The van der Waals surface area contributed by atoms with Crippen LogP contribution >= 0.6 is 0 Å². The summed E-state index contributed by atoms with van der Waals surface area (Å²) in [5, 5.41) is 0. The number of nitrogens with zero attached hydrogens (tertiary/aromatic N) is 2. The Morgan fingerprint density at radius 2 is 1.65 bits per heavy atom. The van der Waals surface area contributed by atoms with Crippen LogP contribution in [0.4, 0.5) is 0 Å². The van der Waals surface area contributed by atoms with Crippen molar-refractivity contribution in [2.45, 2.75) is 52.4 Å². The van der Waals surface area contributed by atoms with E-state index in [1.807, 2.05) is 65.0 Å². The maximum atomic E-state index is 6.08. The molecule has 6 nitrogen and oxygen atoms in total. The first-order valence-corrected chi connectivity index (χ1v) is 8.84. The first-order chi connectivity index (χ1) is 12.3. The summed E-state index contributed by atoms with van der Waals surface area (Å²) in [5.41, 5.74) is 0.828. The van der Waals surface area contributed by atoms with Crippen LogP contribution in [-0.2, 0) is 15.9 Å². The van der Waals surface area contributed by atoms with E-state index in [2.05, 4.69) is 9.97 Å². The van der Waals surface area contributed by atoms with Crippen molar-refractivity contribution in [3.05, 3.63) is 42.1 Å². The SMILES string of the molecule is CCOc1nc(OCc2ccccc2)ncc1B1OC(C)(C)C(C)(C)O1. The lowest BCUT2D eigenvalue weighted by molar-refractivity contribution is 0.00578. The summed E-state index contributed by atoms with van der Waals surface area (Å²) in [4.78, 5) is 8.71. The van der Waals surface area contributed by atoms with Crippen LogP contribution in [0.2, 0.25) is 0 Å². The number of hydrogen-bond acceptors (Lipinski definition) is 6. The molecular weight excluding hydrogens is 331 g/mol. The highest BCUT2D eigenvalue weighted by Gasteiger charge is 2.53. The van der Waals surface area contributed by atoms with Crippen LogP contribution in [-0.4, -0.2) is 34.9 Å². The summed E-state index contributed by atoms with van der Waals surface area (Å²) in [6.45, 7) is 10.8. The van der Waals surface area contributed by atoms with E-state index in [1.165, 1.54) is 0 Å². The molecule has 1 aliphatic rings. The van der Waals surface area contributed by atoms with Gasteiger partial charge < -0.3 is 18.8 Å². The Hall–Kier alpha value is -2.12. The van der Waals surface area contributed by atoms with Gasteiger partial charge in [-0.2, -0.15) is 4.98 Å². The van der Waals surface area contributed by atoms with Gasteiger partial charge in [0.2, 0.25) is 5.88 Å². The molecule has 0 aliphatic carbocycles. The van der Waals surface area contributed by atoms with Gasteiger partial charge in [0.15, 0.2) is 0 Å². The van der Waals surface area contributed by atoms with Gasteiger partial charge in [-0.15, -0.1) is 0 Å². The number of ether oxygens (including phenoxy) is 2. The Kier molecular flexibility index (Phi) is 5.21. The highest BCUT2D eigenvalue weighted by molar-refractivity contribution is 6.63. The molecule has 7 heteroatoms. The van der Waals surface area contributed by atoms with Crippen molar-refractivity contribution in [2.24, 2.45) is 0 Å². The van der Waals surface area contributed by atoms with Crippen LogP contribution in [0.1, 0.15) is 40.2 Å². The fourth-order valence-corrected chi connectivity index (χ4v) is 2.54. The number of benzene rings is 1. The fraction of sp³-hybridized carbons (Fsp3) is 0.474. The van der Waals surface area contributed by atoms with Crippen molar-refractivity contribution in [3.63, 3.8) is 0 Å². The summed E-state index contributed by atoms with van der Waals surface area (Å²) in [5.74, 6) is 0.420. The minimum absolute atomic E-state index is 0.262. The Balaban J connectivity index is 1.79. The Morgan fingerprint density at radius 1 is 1.00 bits per heavy atom. The van der Waals surface area contributed by atoms with Crippen LogP contribution in [0.15, 0.2) is 36.5 Å². The Morgan fingerprint density at radius 3 is 2.27 bits per heavy atom. The molecule has 1 aliphatic heterocycles. The molecule has 0 saturated carbocycles. The molecule has 138 valence electrons. The summed E-state index contributed by atoms with van der Waals surface area (Å²) in [6, 6.07) is 10.1. The second-order valence-corrected chi connectivity index (χ2v) is 7.21. The molecular formula is C19H25BN2O4. The van der Waals surface area contributed by atoms with Crippen molar-refractivity contribution in [3.8, 4) is 11.9 Å². The molecule has 26 heavy (non-hydrogen) atoms. The lowest BCUT2D eigenvalue weighted by Crippen LogP contribution is -2.41. The van der Waals surface area contributed by atoms with E-state index < -0.39 is 18.3 Å². The predicted molar refractivity (Wildman–Crippen MR) is 99.7 cm³/mol. The van der Waals surface area contributed by atoms with Gasteiger partial charge in [-0.3, -0.25) is 0 Å².